The normalized spacial score (nSPS) is 17.3. The van der Waals surface area contributed by atoms with Crippen LogP contribution < -0.4 is 10.6 Å². The van der Waals surface area contributed by atoms with E-state index < -0.39 is 0 Å². The molecular formula is C15H16BrClN2OS. The third kappa shape index (κ3) is 4.07. The minimum atomic E-state index is 0. The number of halogens is 2. The van der Waals surface area contributed by atoms with Crippen LogP contribution in [0.2, 0.25) is 0 Å². The first-order valence-corrected chi connectivity index (χ1v) is 8.21. The van der Waals surface area contributed by atoms with Crippen molar-refractivity contribution in [1.29, 1.82) is 0 Å². The molecule has 0 spiro atoms. The van der Waals surface area contributed by atoms with E-state index in [1.165, 1.54) is 11.3 Å². The Balaban J connectivity index is 0.00000161. The van der Waals surface area contributed by atoms with Crippen molar-refractivity contribution in [2.24, 2.45) is 0 Å². The highest BCUT2D eigenvalue weighted by Crippen LogP contribution is 2.29. The van der Waals surface area contributed by atoms with Gasteiger partial charge in [0.15, 0.2) is 0 Å². The van der Waals surface area contributed by atoms with E-state index in [9.17, 15) is 4.79 Å². The predicted octanol–water partition coefficient (Wildman–Crippen LogP) is 3.69. The van der Waals surface area contributed by atoms with Gasteiger partial charge >= 0.3 is 0 Å². The standard InChI is InChI=1S/C15H15BrN2OS.ClH/c16-11-3-1-10(2-4-11)13-5-6-14(20-13)15(19)18-12-7-8-17-9-12;/h1-6,12,17H,7-9H2,(H,18,19);1H. The number of carbonyl (C=O) groups is 1. The summed E-state index contributed by atoms with van der Waals surface area (Å²) >= 11 is 4.96. The van der Waals surface area contributed by atoms with E-state index in [1.807, 2.05) is 24.3 Å². The molecule has 3 rings (SSSR count). The molecule has 0 aliphatic carbocycles. The molecule has 1 saturated heterocycles. The molecule has 1 aromatic heterocycles. The molecule has 1 amide bonds. The Hall–Kier alpha value is -0.880. The lowest BCUT2D eigenvalue weighted by Gasteiger charge is -2.09. The van der Waals surface area contributed by atoms with Gasteiger partial charge in [0.1, 0.15) is 0 Å². The van der Waals surface area contributed by atoms with Crippen LogP contribution in [0.1, 0.15) is 16.1 Å². The van der Waals surface area contributed by atoms with Crippen LogP contribution >= 0.6 is 39.7 Å². The number of carbonyl (C=O) groups excluding carboxylic acids is 1. The molecule has 6 heteroatoms. The summed E-state index contributed by atoms with van der Waals surface area (Å²) in [7, 11) is 0. The first kappa shape index (κ1) is 16.5. The van der Waals surface area contributed by atoms with Crippen LogP contribution in [0.3, 0.4) is 0 Å². The first-order valence-electron chi connectivity index (χ1n) is 6.60. The Morgan fingerprint density at radius 1 is 1.24 bits per heavy atom. The Labute approximate surface area is 142 Å². The van der Waals surface area contributed by atoms with Gasteiger partial charge in [-0.2, -0.15) is 0 Å². The van der Waals surface area contributed by atoms with Crippen molar-refractivity contribution in [3.8, 4) is 10.4 Å². The molecule has 21 heavy (non-hydrogen) atoms. The summed E-state index contributed by atoms with van der Waals surface area (Å²) < 4.78 is 1.06. The maximum absolute atomic E-state index is 12.2. The molecule has 1 unspecified atom stereocenters. The van der Waals surface area contributed by atoms with Gasteiger partial charge < -0.3 is 10.6 Å². The Morgan fingerprint density at radius 2 is 2.00 bits per heavy atom. The van der Waals surface area contributed by atoms with Crippen LogP contribution in [0.15, 0.2) is 40.9 Å². The second kappa shape index (κ2) is 7.40. The molecule has 1 atom stereocenters. The van der Waals surface area contributed by atoms with Crippen molar-refractivity contribution < 1.29 is 4.79 Å². The van der Waals surface area contributed by atoms with E-state index in [-0.39, 0.29) is 24.4 Å². The summed E-state index contributed by atoms with van der Waals surface area (Å²) in [6.45, 7) is 1.86. The van der Waals surface area contributed by atoms with Crippen LogP contribution in [0, 0.1) is 0 Å². The van der Waals surface area contributed by atoms with Crippen LogP contribution in [-0.2, 0) is 0 Å². The second-order valence-corrected chi connectivity index (χ2v) is 6.83. The van der Waals surface area contributed by atoms with E-state index in [4.69, 9.17) is 0 Å². The number of benzene rings is 1. The Morgan fingerprint density at radius 3 is 2.67 bits per heavy atom. The number of amides is 1. The average Bonchev–Trinajstić information content (AvgIpc) is 3.10. The fourth-order valence-electron chi connectivity index (χ4n) is 2.26. The molecule has 1 aromatic carbocycles. The molecular weight excluding hydrogens is 372 g/mol. The van der Waals surface area contributed by atoms with Gasteiger partial charge in [0.25, 0.3) is 5.91 Å². The summed E-state index contributed by atoms with van der Waals surface area (Å²) in [5.41, 5.74) is 1.14. The minimum absolute atomic E-state index is 0. The molecule has 0 radical (unpaired) electrons. The number of thiophene rings is 1. The lowest BCUT2D eigenvalue weighted by Crippen LogP contribution is -2.35. The molecule has 3 nitrogen and oxygen atoms in total. The quantitative estimate of drug-likeness (QED) is 0.843. The van der Waals surface area contributed by atoms with E-state index in [1.54, 1.807) is 0 Å². The molecule has 0 saturated carbocycles. The highest BCUT2D eigenvalue weighted by atomic mass is 79.9. The van der Waals surface area contributed by atoms with Gasteiger partial charge in [-0.05, 0) is 42.8 Å². The number of nitrogens with one attached hydrogen (secondary N) is 2. The highest BCUT2D eigenvalue weighted by molar-refractivity contribution is 9.10. The molecule has 2 heterocycles. The number of rotatable bonds is 3. The smallest absolute Gasteiger partial charge is 0.261 e. The first-order chi connectivity index (χ1) is 9.72. The number of hydrogen-bond donors (Lipinski definition) is 2. The highest BCUT2D eigenvalue weighted by Gasteiger charge is 2.18. The maximum Gasteiger partial charge on any atom is 0.261 e. The zero-order valence-corrected chi connectivity index (χ0v) is 14.5. The lowest BCUT2D eigenvalue weighted by molar-refractivity contribution is 0.0944. The van der Waals surface area contributed by atoms with Crippen LogP contribution in [0.5, 0.6) is 0 Å². The lowest BCUT2D eigenvalue weighted by atomic mass is 10.2. The number of hydrogen-bond acceptors (Lipinski definition) is 3. The fraction of sp³-hybridized carbons (Fsp3) is 0.267. The van der Waals surface area contributed by atoms with Gasteiger partial charge in [0.05, 0.1) is 4.88 Å². The minimum Gasteiger partial charge on any atom is -0.347 e. The second-order valence-electron chi connectivity index (χ2n) is 4.83. The zero-order chi connectivity index (χ0) is 13.9. The molecule has 2 N–H and O–H groups in total. The van der Waals surface area contributed by atoms with Crippen molar-refractivity contribution in [3.63, 3.8) is 0 Å². The maximum atomic E-state index is 12.2. The molecule has 1 fully saturated rings. The monoisotopic (exact) mass is 386 g/mol. The summed E-state index contributed by atoms with van der Waals surface area (Å²) in [5.74, 6) is 0.0343. The molecule has 1 aliphatic rings. The van der Waals surface area contributed by atoms with Gasteiger partial charge in [0, 0.05) is 21.9 Å². The van der Waals surface area contributed by atoms with Gasteiger partial charge in [-0.3, -0.25) is 4.79 Å². The van der Waals surface area contributed by atoms with Gasteiger partial charge in [-0.25, -0.2) is 0 Å². The summed E-state index contributed by atoms with van der Waals surface area (Å²) in [6, 6.07) is 12.3. The summed E-state index contributed by atoms with van der Waals surface area (Å²) in [4.78, 5) is 14.1. The largest absolute Gasteiger partial charge is 0.347 e. The zero-order valence-electron chi connectivity index (χ0n) is 11.3. The summed E-state index contributed by atoms with van der Waals surface area (Å²) in [5, 5.41) is 6.32. The topological polar surface area (TPSA) is 41.1 Å². The van der Waals surface area contributed by atoms with Crippen LogP contribution in [0.4, 0.5) is 0 Å². The van der Waals surface area contributed by atoms with E-state index in [0.717, 1.165) is 39.3 Å². The molecule has 1 aliphatic heterocycles. The van der Waals surface area contributed by atoms with Crippen molar-refractivity contribution in [2.45, 2.75) is 12.5 Å². The van der Waals surface area contributed by atoms with E-state index in [0.29, 0.717) is 0 Å². The Kier molecular flexibility index (Phi) is 5.81. The Bertz CT molecular complexity index is 608. The van der Waals surface area contributed by atoms with E-state index in [2.05, 4.69) is 38.7 Å². The van der Waals surface area contributed by atoms with Crippen LogP contribution in [0.25, 0.3) is 10.4 Å². The third-order valence-corrected chi connectivity index (χ3v) is 5.02. The van der Waals surface area contributed by atoms with E-state index >= 15 is 0 Å². The summed E-state index contributed by atoms with van der Waals surface area (Å²) in [6.07, 6.45) is 1.01. The molecule has 2 aromatic rings. The third-order valence-electron chi connectivity index (χ3n) is 3.35. The van der Waals surface area contributed by atoms with Gasteiger partial charge in [-0.1, -0.05) is 28.1 Å². The van der Waals surface area contributed by atoms with Crippen LogP contribution in [-0.4, -0.2) is 25.0 Å². The SMILES string of the molecule is Cl.O=C(NC1CCNC1)c1ccc(-c2ccc(Br)cc2)s1. The van der Waals surface area contributed by atoms with Crippen molar-refractivity contribution in [1.82, 2.24) is 10.6 Å². The van der Waals surface area contributed by atoms with Crippen molar-refractivity contribution >= 4 is 45.6 Å². The van der Waals surface area contributed by atoms with Crippen molar-refractivity contribution in [2.75, 3.05) is 13.1 Å². The average molecular weight is 388 g/mol. The predicted molar refractivity (Wildman–Crippen MR) is 93.4 cm³/mol. The molecule has 0 bridgehead atoms. The van der Waals surface area contributed by atoms with Gasteiger partial charge in [-0.15, -0.1) is 23.7 Å². The van der Waals surface area contributed by atoms with Gasteiger partial charge in [0.2, 0.25) is 0 Å². The molecule has 112 valence electrons. The van der Waals surface area contributed by atoms with Crippen molar-refractivity contribution in [3.05, 3.63) is 45.7 Å². The fourth-order valence-corrected chi connectivity index (χ4v) is 3.44.